The molecular formula is C15H25N3O2. The van der Waals surface area contributed by atoms with Crippen LogP contribution in [0.2, 0.25) is 0 Å². The average Bonchev–Trinajstić information content (AvgIpc) is 2.99. The number of nitrogens with one attached hydrogen (secondary N) is 1. The summed E-state index contributed by atoms with van der Waals surface area (Å²) in [5.74, 6) is 2.00. The van der Waals surface area contributed by atoms with Crippen molar-refractivity contribution in [2.75, 3.05) is 27.2 Å². The van der Waals surface area contributed by atoms with Crippen LogP contribution >= 0.6 is 0 Å². The zero-order valence-corrected chi connectivity index (χ0v) is 12.8. The lowest BCUT2D eigenvalue weighted by Gasteiger charge is -2.24. The van der Waals surface area contributed by atoms with E-state index in [4.69, 9.17) is 4.42 Å². The standard InChI is InChI=1S/C15H25N3O2/c1-11(2)13-9-18(8-12-6-5-7-20-12)10-14(13)16-15(19)17(3)4/h5-7,11,13-14H,8-10H2,1-4H3,(H,16,19). The molecule has 0 spiro atoms. The van der Waals surface area contributed by atoms with E-state index in [1.807, 2.05) is 12.1 Å². The number of rotatable bonds is 4. The number of hydrogen-bond donors (Lipinski definition) is 1. The summed E-state index contributed by atoms with van der Waals surface area (Å²) in [5, 5.41) is 3.13. The largest absolute Gasteiger partial charge is 0.468 e. The van der Waals surface area contributed by atoms with Crippen molar-refractivity contribution < 1.29 is 9.21 Å². The Labute approximate surface area is 120 Å². The summed E-state index contributed by atoms with van der Waals surface area (Å²) in [4.78, 5) is 15.8. The fourth-order valence-electron chi connectivity index (χ4n) is 2.78. The van der Waals surface area contributed by atoms with Crippen LogP contribution in [0.5, 0.6) is 0 Å². The molecule has 2 heterocycles. The molecule has 2 rings (SSSR count). The molecular weight excluding hydrogens is 254 g/mol. The van der Waals surface area contributed by atoms with Gasteiger partial charge >= 0.3 is 6.03 Å². The summed E-state index contributed by atoms with van der Waals surface area (Å²) < 4.78 is 5.41. The maximum atomic E-state index is 11.9. The third-order valence-corrected chi connectivity index (χ3v) is 3.97. The van der Waals surface area contributed by atoms with Gasteiger partial charge in [0.25, 0.3) is 0 Å². The van der Waals surface area contributed by atoms with Gasteiger partial charge < -0.3 is 14.6 Å². The highest BCUT2D eigenvalue weighted by Gasteiger charge is 2.35. The molecule has 1 fully saturated rings. The molecule has 1 aliphatic rings. The highest BCUT2D eigenvalue weighted by atomic mass is 16.3. The van der Waals surface area contributed by atoms with Crippen molar-refractivity contribution >= 4 is 6.03 Å². The fraction of sp³-hybridized carbons (Fsp3) is 0.667. The smallest absolute Gasteiger partial charge is 0.317 e. The first-order chi connectivity index (χ1) is 9.47. The monoisotopic (exact) mass is 279 g/mol. The Balaban J connectivity index is 1.97. The molecule has 1 saturated heterocycles. The summed E-state index contributed by atoms with van der Waals surface area (Å²) in [6, 6.07) is 4.10. The molecule has 1 aliphatic heterocycles. The molecule has 1 aromatic rings. The van der Waals surface area contributed by atoms with E-state index in [-0.39, 0.29) is 12.1 Å². The first kappa shape index (κ1) is 14.9. The van der Waals surface area contributed by atoms with Crippen molar-refractivity contribution in [3.05, 3.63) is 24.2 Å². The second kappa shape index (κ2) is 6.31. The van der Waals surface area contributed by atoms with Gasteiger partial charge in [0.05, 0.1) is 12.8 Å². The molecule has 20 heavy (non-hydrogen) atoms. The third-order valence-electron chi connectivity index (χ3n) is 3.97. The second-order valence-corrected chi connectivity index (χ2v) is 6.13. The summed E-state index contributed by atoms with van der Waals surface area (Å²) in [5.41, 5.74) is 0. The zero-order valence-electron chi connectivity index (χ0n) is 12.8. The SMILES string of the molecule is CC(C)C1CN(Cc2ccco2)CC1NC(=O)N(C)C. The quantitative estimate of drug-likeness (QED) is 0.917. The number of furan rings is 1. The summed E-state index contributed by atoms with van der Waals surface area (Å²) in [6.45, 7) is 7.12. The lowest BCUT2D eigenvalue weighted by Crippen LogP contribution is -2.46. The molecule has 0 aliphatic carbocycles. The highest BCUT2D eigenvalue weighted by molar-refractivity contribution is 5.73. The van der Waals surface area contributed by atoms with E-state index in [9.17, 15) is 4.79 Å². The van der Waals surface area contributed by atoms with Crippen molar-refractivity contribution in [2.45, 2.75) is 26.4 Å². The van der Waals surface area contributed by atoms with Gasteiger partial charge in [-0.05, 0) is 24.0 Å². The van der Waals surface area contributed by atoms with Gasteiger partial charge in [0.1, 0.15) is 5.76 Å². The van der Waals surface area contributed by atoms with E-state index in [0.717, 1.165) is 25.4 Å². The first-order valence-corrected chi connectivity index (χ1v) is 7.20. The van der Waals surface area contributed by atoms with E-state index in [0.29, 0.717) is 11.8 Å². The Morgan fingerprint density at radius 1 is 1.50 bits per heavy atom. The van der Waals surface area contributed by atoms with Gasteiger partial charge in [-0.25, -0.2) is 4.79 Å². The van der Waals surface area contributed by atoms with Crippen LogP contribution in [0.3, 0.4) is 0 Å². The fourth-order valence-corrected chi connectivity index (χ4v) is 2.78. The van der Waals surface area contributed by atoms with Crippen LogP contribution in [-0.2, 0) is 6.54 Å². The second-order valence-electron chi connectivity index (χ2n) is 6.13. The Morgan fingerprint density at radius 3 is 2.80 bits per heavy atom. The molecule has 112 valence electrons. The van der Waals surface area contributed by atoms with Crippen LogP contribution in [-0.4, -0.2) is 49.1 Å². The highest BCUT2D eigenvalue weighted by Crippen LogP contribution is 2.26. The number of carbonyl (C=O) groups excluding carboxylic acids is 1. The van der Waals surface area contributed by atoms with Gasteiger partial charge in [-0.3, -0.25) is 4.90 Å². The van der Waals surface area contributed by atoms with Gasteiger partial charge in [0.15, 0.2) is 0 Å². The Kier molecular flexibility index (Phi) is 4.70. The van der Waals surface area contributed by atoms with E-state index in [1.165, 1.54) is 0 Å². The van der Waals surface area contributed by atoms with Crippen LogP contribution < -0.4 is 5.32 Å². The molecule has 2 amide bonds. The maximum Gasteiger partial charge on any atom is 0.317 e. The summed E-state index contributed by atoms with van der Waals surface area (Å²) in [7, 11) is 3.55. The minimum atomic E-state index is -0.0134. The lowest BCUT2D eigenvalue weighted by atomic mass is 9.91. The Hall–Kier alpha value is -1.49. The number of amides is 2. The molecule has 0 radical (unpaired) electrons. The van der Waals surface area contributed by atoms with Crippen LogP contribution in [0, 0.1) is 11.8 Å². The van der Waals surface area contributed by atoms with Crippen LogP contribution in [0.15, 0.2) is 22.8 Å². The first-order valence-electron chi connectivity index (χ1n) is 7.20. The van der Waals surface area contributed by atoms with Crippen LogP contribution in [0.1, 0.15) is 19.6 Å². The van der Waals surface area contributed by atoms with Gasteiger partial charge in [-0.2, -0.15) is 0 Å². The van der Waals surface area contributed by atoms with Crippen molar-refractivity contribution in [3.63, 3.8) is 0 Å². The zero-order chi connectivity index (χ0) is 14.7. The lowest BCUT2D eigenvalue weighted by molar-refractivity contribution is 0.207. The van der Waals surface area contributed by atoms with E-state index in [2.05, 4.69) is 24.1 Å². The van der Waals surface area contributed by atoms with Gasteiger partial charge in [0, 0.05) is 33.2 Å². The Morgan fingerprint density at radius 2 is 2.25 bits per heavy atom. The molecule has 0 saturated carbocycles. The molecule has 2 unspecified atom stereocenters. The predicted octanol–water partition coefficient (Wildman–Crippen LogP) is 2.01. The topological polar surface area (TPSA) is 48.7 Å². The minimum Gasteiger partial charge on any atom is -0.468 e. The van der Waals surface area contributed by atoms with Crippen molar-refractivity contribution in [1.29, 1.82) is 0 Å². The van der Waals surface area contributed by atoms with Gasteiger partial charge in [-0.15, -0.1) is 0 Å². The normalized spacial score (nSPS) is 23.2. The number of likely N-dealkylation sites (tertiary alicyclic amines) is 1. The van der Waals surface area contributed by atoms with E-state index in [1.54, 1.807) is 25.3 Å². The molecule has 1 N–H and O–H groups in total. The molecule has 2 atom stereocenters. The van der Waals surface area contributed by atoms with E-state index >= 15 is 0 Å². The van der Waals surface area contributed by atoms with Crippen molar-refractivity contribution in [2.24, 2.45) is 11.8 Å². The molecule has 0 bridgehead atoms. The minimum absolute atomic E-state index is 0.0134. The number of carbonyl (C=O) groups is 1. The molecule has 1 aromatic heterocycles. The average molecular weight is 279 g/mol. The van der Waals surface area contributed by atoms with Gasteiger partial charge in [-0.1, -0.05) is 13.8 Å². The maximum absolute atomic E-state index is 11.9. The number of hydrogen-bond acceptors (Lipinski definition) is 3. The van der Waals surface area contributed by atoms with Crippen LogP contribution in [0.4, 0.5) is 4.79 Å². The van der Waals surface area contributed by atoms with Gasteiger partial charge in [0.2, 0.25) is 0 Å². The van der Waals surface area contributed by atoms with Crippen molar-refractivity contribution in [3.8, 4) is 0 Å². The summed E-state index contributed by atoms with van der Waals surface area (Å²) >= 11 is 0. The summed E-state index contributed by atoms with van der Waals surface area (Å²) in [6.07, 6.45) is 1.70. The van der Waals surface area contributed by atoms with Crippen molar-refractivity contribution in [1.82, 2.24) is 15.1 Å². The van der Waals surface area contributed by atoms with E-state index < -0.39 is 0 Å². The molecule has 0 aromatic carbocycles. The van der Waals surface area contributed by atoms with Crippen LogP contribution in [0.25, 0.3) is 0 Å². The predicted molar refractivity (Wildman–Crippen MR) is 78.3 cm³/mol. The molecule has 5 nitrogen and oxygen atoms in total. The third kappa shape index (κ3) is 3.54. The number of nitrogens with zero attached hydrogens (tertiary/aromatic N) is 2. The Bertz CT molecular complexity index is 428. The molecule has 5 heteroatoms. The number of urea groups is 1.